The van der Waals surface area contributed by atoms with E-state index in [1.165, 1.54) is 51.4 Å². The zero-order chi connectivity index (χ0) is 15.2. The number of carbonyl (C=O) groups excluding carboxylic acids is 1. The van der Waals surface area contributed by atoms with Gasteiger partial charge in [0.1, 0.15) is 0 Å². The lowest BCUT2D eigenvalue weighted by atomic mass is 9.92. The zero-order valence-corrected chi connectivity index (χ0v) is 13.9. The molecule has 2 nitrogen and oxygen atoms in total. The van der Waals surface area contributed by atoms with Crippen LogP contribution in [0.15, 0.2) is 12.2 Å². The molecule has 0 saturated heterocycles. The molecule has 0 aromatic carbocycles. The minimum Gasteiger partial charge on any atom is -0.462 e. The Morgan fingerprint density at radius 1 is 0.950 bits per heavy atom. The molecule has 0 aliphatic carbocycles. The number of carbonyl (C=O) groups is 1. The number of hydrogen-bond acceptors (Lipinski definition) is 2. The van der Waals surface area contributed by atoms with E-state index in [-0.39, 0.29) is 5.97 Å². The lowest BCUT2D eigenvalue weighted by molar-refractivity contribution is -0.139. The van der Waals surface area contributed by atoms with Gasteiger partial charge in [0.15, 0.2) is 0 Å². The molecule has 0 N–H and O–H groups in total. The Morgan fingerprint density at radius 2 is 1.50 bits per heavy atom. The van der Waals surface area contributed by atoms with E-state index in [2.05, 4.69) is 20.4 Å². The van der Waals surface area contributed by atoms with Gasteiger partial charge in [0.25, 0.3) is 0 Å². The first-order valence-electron chi connectivity index (χ1n) is 8.44. The van der Waals surface area contributed by atoms with Gasteiger partial charge in [-0.15, -0.1) is 0 Å². The van der Waals surface area contributed by atoms with Gasteiger partial charge < -0.3 is 4.74 Å². The molecule has 0 fully saturated rings. The highest BCUT2D eigenvalue weighted by atomic mass is 16.5. The van der Waals surface area contributed by atoms with E-state index in [1.54, 1.807) is 6.92 Å². The van der Waals surface area contributed by atoms with E-state index in [4.69, 9.17) is 4.74 Å². The number of hydrogen-bond donors (Lipinski definition) is 0. The van der Waals surface area contributed by atoms with E-state index in [1.807, 2.05) is 0 Å². The second-order valence-electron chi connectivity index (χ2n) is 5.92. The van der Waals surface area contributed by atoms with Gasteiger partial charge in [-0.25, -0.2) is 4.79 Å². The first-order chi connectivity index (χ1) is 9.61. The molecule has 0 aliphatic heterocycles. The minimum atomic E-state index is -0.257. The summed E-state index contributed by atoms with van der Waals surface area (Å²) in [5, 5.41) is 0. The predicted octanol–water partition coefficient (Wildman–Crippen LogP) is 5.66. The van der Waals surface area contributed by atoms with Crippen LogP contribution in [0.3, 0.4) is 0 Å². The van der Waals surface area contributed by atoms with E-state index >= 15 is 0 Å². The lowest BCUT2D eigenvalue weighted by Gasteiger charge is -2.14. The van der Waals surface area contributed by atoms with Crippen molar-refractivity contribution < 1.29 is 9.53 Å². The molecular formula is C18H34O2. The quantitative estimate of drug-likeness (QED) is 0.247. The van der Waals surface area contributed by atoms with Crippen molar-refractivity contribution in [2.24, 2.45) is 5.92 Å². The Kier molecular flexibility index (Phi) is 12.7. The van der Waals surface area contributed by atoms with Crippen molar-refractivity contribution in [1.82, 2.24) is 0 Å². The molecule has 0 heterocycles. The molecule has 2 heteroatoms. The third-order valence-corrected chi connectivity index (χ3v) is 3.73. The molecule has 0 bridgehead atoms. The SMILES string of the molecule is C=C(C)C(=O)OCCCCCCCC(CCC)CCC. The predicted molar refractivity (Wildman–Crippen MR) is 86.8 cm³/mol. The van der Waals surface area contributed by atoms with Crippen LogP contribution in [0.1, 0.15) is 85.0 Å². The van der Waals surface area contributed by atoms with Crippen molar-refractivity contribution in [1.29, 1.82) is 0 Å². The van der Waals surface area contributed by atoms with Crippen molar-refractivity contribution in [3.8, 4) is 0 Å². The first kappa shape index (κ1) is 19.2. The van der Waals surface area contributed by atoms with Gasteiger partial charge in [0.2, 0.25) is 0 Å². The average molecular weight is 282 g/mol. The third-order valence-electron chi connectivity index (χ3n) is 3.73. The molecule has 118 valence electrons. The molecule has 0 aromatic rings. The Labute approximate surface area is 126 Å². The maximum Gasteiger partial charge on any atom is 0.333 e. The van der Waals surface area contributed by atoms with Crippen LogP contribution in [0.5, 0.6) is 0 Å². The molecule has 0 radical (unpaired) electrons. The van der Waals surface area contributed by atoms with Gasteiger partial charge in [0, 0.05) is 5.57 Å². The molecule has 0 unspecified atom stereocenters. The minimum absolute atomic E-state index is 0.257. The van der Waals surface area contributed by atoms with Crippen LogP contribution in [0.2, 0.25) is 0 Å². The molecule has 20 heavy (non-hydrogen) atoms. The van der Waals surface area contributed by atoms with E-state index in [0.717, 1.165) is 18.8 Å². The molecule has 0 rings (SSSR count). The normalized spacial score (nSPS) is 10.8. The van der Waals surface area contributed by atoms with Crippen molar-refractivity contribution >= 4 is 5.97 Å². The summed E-state index contributed by atoms with van der Waals surface area (Å²) in [5.74, 6) is 0.688. The Bertz CT molecular complexity index is 252. The number of unbranched alkanes of at least 4 members (excludes halogenated alkanes) is 4. The second kappa shape index (κ2) is 13.2. The van der Waals surface area contributed by atoms with Gasteiger partial charge in [-0.1, -0.05) is 78.2 Å². The number of ether oxygens (including phenoxy) is 1. The summed E-state index contributed by atoms with van der Waals surface area (Å²) in [5.41, 5.74) is 0.489. The fourth-order valence-electron chi connectivity index (χ4n) is 2.60. The Morgan fingerprint density at radius 3 is 2.05 bits per heavy atom. The molecule has 0 atom stereocenters. The van der Waals surface area contributed by atoms with Crippen LogP contribution in [-0.4, -0.2) is 12.6 Å². The summed E-state index contributed by atoms with van der Waals surface area (Å²) in [6, 6.07) is 0. The monoisotopic (exact) mass is 282 g/mol. The molecule has 0 aromatic heterocycles. The summed E-state index contributed by atoms with van der Waals surface area (Å²) >= 11 is 0. The van der Waals surface area contributed by atoms with Crippen molar-refractivity contribution in [3.63, 3.8) is 0 Å². The van der Waals surface area contributed by atoms with Crippen LogP contribution >= 0.6 is 0 Å². The van der Waals surface area contributed by atoms with E-state index in [9.17, 15) is 4.79 Å². The van der Waals surface area contributed by atoms with Gasteiger partial charge in [0.05, 0.1) is 6.61 Å². The smallest absolute Gasteiger partial charge is 0.333 e. The highest BCUT2D eigenvalue weighted by Gasteiger charge is 2.06. The average Bonchev–Trinajstić information content (AvgIpc) is 2.41. The van der Waals surface area contributed by atoms with Crippen LogP contribution in [0, 0.1) is 5.92 Å². The van der Waals surface area contributed by atoms with Crippen molar-refractivity contribution in [3.05, 3.63) is 12.2 Å². The molecular weight excluding hydrogens is 248 g/mol. The largest absolute Gasteiger partial charge is 0.462 e. The second-order valence-corrected chi connectivity index (χ2v) is 5.92. The molecule has 0 aliphatic rings. The van der Waals surface area contributed by atoms with Gasteiger partial charge in [-0.3, -0.25) is 0 Å². The van der Waals surface area contributed by atoms with Crippen LogP contribution in [0.25, 0.3) is 0 Å². The van der Waals surface area contributed by atoms with E-state index < -0.39 is 0 Å². The standard InChI is InChI=1S/C18H34O2/c1-5-12-17(13-6-2)14-10-8-7-9-11-15-20-18(19)16(3)4/h17H,3,5-15H2,1-2,4H3. The summed E-state index contributed by atoms with van der Waals surface area (Å²) in [6.45, 7) is 10.4. The van der Waals surface area contributed by atoms with Gasteiger partial charge in [-0.05, 0) is 19.3 Å². The summed E-state index contributed by atoms with van der Waals surface area (Å²) in [6.07, 6.45) is 12.9. The van der Waals surface area contributed by atoms with Crippen molar-refractivity contribution in [2.45, 2.75) is 85.0 Å². The first-order valence-corrected chi connectivity index (χ1v) is 8.44. The Balaban J connectivity index is 3.39. The van der Waals surface area contributed by atoms with Crippen LogP contribution in [0.4, 0.5) is 0 Å². The molecule has 0 saturated carbocycles. The highest BCUT2D eigenvalue weighted by molar-refractivity contribution is 5.86. The number of rotatable bonds is 13. The number of esters is 1. The van der Waals surface area contributed by atoms with Crippen molar-refractivity contribution in [2.75, 3.05) is 6.61 Å². The third kappa shape index (κ3) is 11.1. The summed E-state index contributed by atoms with van der Waals surface area (Å²) in [7, 11) is 0. The van der Waals surface area contributed by atoms with Crippen LogP contribution in [-0.2, 0) is 9.53 Å². The topological polar surface area (TPSA) is 26.3 Å². The molecule has 0 amide bonds. The Hall–Kier alpha value is -0.790. The fourth-order valence-corrected chi connectivity index (χ4v) is 2.60. The summed E-state index contributed by atoms with van der Waals surface area (Å²) in [4.78, 5) is 11.2. The highest BCUT2D eigenvalue weighted by Crippen LogP contribution is 2.21. The maximum absolute atomic E-state index is 11.2. The molecule has 0 spiro atoms. The van der Waals surface area contributed by atoms with Gasteiger partial charge >= 0.3 is 5.97 Å². The fraction of sp³-hybridized carbons (Fsp3) is 0.833. The van der Waals surface area contributed by atoms with E-state index in [0.29, 0.717) is 12.2 Å². The van der Waals surface area contributed by atoms with Crippen LogP contribution < -0.4 is 0 Å². The van der Waals surface area contributed by atoms with Gasteiger partial charge in [-0.2, -0.15) is 0 Å². The zero-order valence-electron chi connectivity index (χ0n) is 13.9. The lowest BCUT2D eigenvalue weighted by Crippen LogP contribution is -2.06. The maximum atomic E-state index is 11.2. The summed E-state index contributed by atoms with van der Waals surface area (Å²) < 4.78 is 5.07.